The topological polar surface area (TPSA) is 21.1 Å². The van der Waals surface area contributed by atoms with Gasteiger partial charge in [-0.3, -0.25) is 0 Å². The second-order valence-corrected chi connectivity index (χ2v) is 3.62. The highest BCUT2D eigenvalue weighted by Crippen LogP contribution is 2.03. The molecule has 0 radical (unpaired) electrons. The molecule has 1 rings (SSSR count). The first-order chi connectivity index (χ1) is 6.22. The summed E-state index contributed by atoms with van der Waals surface area (Å²) < 4.78 is 3.06. The zero-order valence-corrected chi connectivity index (χ0v) is 8.67. The summed E-state index contributed by atoms with van der Waals surface area (Å²) in [6.45, 7) is 4.99. The van der Waals surface area contributed by atoms with E-state index in [0.29, 0.717) is 6.54 Å². The van der Waals surface area contributed by atoms with Crippen LogP contribution in [0.25, 0.3) is 0 Å². The van der Waals surface area contributed by atoms with Crippen LogP contribution in [0, 0.1) is 0 Å². The second kappa shape index (κ2) is 5.27. The van der Waals surface area contributed by atoms with E-state index in [-0.39, 0.29) is 0 Å². The zero-order valence-electron chi connectivity index (χ0n) is 7.16. The predicted octanol–water partition coefficient (Wildman–Crippen LogP) is 2.22. The fraction of sp³-hybridized carbons (Fsp3) is 0.375. The fourth-order valence-electron chi connectivity index (χ4n) is 0.983. The van der Waals surface area contributed by atoms with Crippen LogP contribution in [0.15, 0.2) is 25.2 Å². The normalized spacial score (nSPS) is 10.7. The molecule has 0 aliphatic carbocycles. The number of hydrogen-bond donors (Lipinski definition) is 0. The maximum Gasteiger partial charge on any atom is 0.0952 e. The quantitative estimate of drug-likeness (QED) is 0.560. The van der Waals surface area contributed by atoms with Gasteiger partial charge in [-0.05, 0) is 23.6 Å². The Bertz CT molecular complexity index is 270. The van der Waals surface area contributed by atoms with Gasteiger partial charge in [0.15, 0.2) is 0 Å². The van der Waals surface area contributed by atoms with E-state index in [9.17, 15) is 0 Å². The SMILES string of the molecule is C=CCn1cnc(CCN(Cl)Cl)c1. The van der Waals surface area contributed by atoms with E-state index in [0.717, 1.165) is 22.6 Å². The molecule has 1 aromatic rings. The summed E-state index contributed by atoms with van der Waals surface area (Å²) in [5.74, 6) is 0. The van der Waals surface area contributed by atoms with Crippen molar-refractivity contribution in [2.75, 3.05) is 6.54 Å². The molecule has 0 saturated heterocycles. The lowest BCUT2D eigenvalue weighted by Gasteiger charge is -2.00. The highest BCUT2D eigenvalue weighted by molar-refractivity contribution is 6.33. The summed E-state index contributed by atoms with van der Waals surface area (Å²) in [6, 6.07) is 0. The summed E-state index contributed by atoms with van der Waals surface area (Å²) in [4.78, 5) is 4.18. The van der Waals surface area contributed by atoms with E-state index in [1.807, 2.05) is 16.8 Å². The fourth-order valence-corrected chi connectivity index (χ4v) is 1.15. The molecule has 0 aliphatic rings. The third-order valence-corrected chi connectivity index (χ3v) is 1.90. The first-order valence-corrected chi connectivity index (χ1v) is 4.60. The summed E-state index contributed by atoms with van der Waals surface area (Å²) in [6.07, 6.45) is 6.29. The number of aromatic nitrogens is 2. The Hall–Kier alpha value is -0.510. The van der Waals surface area contributed by atoms with Gasteiger partial charge in [0.25, 0.3) is 0 Å². The van der Waals surface area contributed by atoms with Gasteiger partial charge in [0.2, 0.25) is 0 Å². The monoisotopic (exact) mass is 219 g/mol. The van der Waals surface area contributed by atoms with Gasteiger partial charge in [-0.2, -0.15) is 0 Å². The van der Waals surface area contributed by atoms with Gasteiger partial charge in [-0.25, -0.2) is 4.98 Å². The van der Waals surface area contributed by atoms with Crippen LogP contribution in [0.2, 0.25) is 0 Å². The molecule has 1 aromatic heterocycles. The van der Waals surface area contributed by atoms with Crippen molar-refractivity contribution in [3.63, 3.8) is 0 Å². The van der Waals surface area contributed by atoms with E-state index in [1.165, 1.54) is 0 Å². The Morgan fingerprint density at radius 2 is 2.38 bits per heavy atom. The van der Waals surface area contributed by atoms with Gasteiger partial charge in [-0.1, -0.05) is 6.08 Å². The first-order valence-electron chi connectivity index (χ1n) is 3.93. The van der Waals surface area contributed by atoms with Crippen molar-refractivity contribution in [3.05, 3.63) is 30.9 Å². The molecule has 0 aromatic carbocycles. The zero-order chi connectivity index (χ0) is 9.68. The van der Waals surface area contributed by atoms with Crippen LogP contribution in [0.1, 0.15) is 5.69 Å². The molecule has 0 aliphatic heterocycles. The van der Waals surface area contributed by atoms with Crippen LogP contribution < -0.4 is 0 Å². The highest BCUT2D eigenvalue weighted by Gasteiger charge is 2.00. The molecular weight excluding hydrogens is 209 g/mol. The average Bonchev–Trinajstić information content (AvgIpc) is 2.50. The Morgan fingerprint density at radius 3 is 3.00 bits per heavy atom. The smallest absolute Gasteiger partial charge is 0.0952 e. The van der Waals surface area contributed by atoms with E-state index < -0.39 is 0 Å². The van der Waals surface area contributed by atoms with E-state index >= 15 is 0 Å². The molecule has 0 atom stereocenters. The van der Waals surface area contributed by atoms with Crippen LogP contribution in [0.4, 0.5) is 0 Å². The standard InChI is InChI=1S/C8H11Cl2N3/c1-2-4-12-6-8(11-7-12)3-5-13(9)10/h2,6-7H,1,3-5H2. The van der Waals surface area contributed by atoms with Gasteiger partial charge in [0, 0.05) is 25.7 Å². The van der Waals surface area contributed by atoms with Crippen molar-refractivity contribution < 1.29 is 0 Å². The van der Waals surface area contributed by atoms with E-state index in [4.69, 9.17) is 23.6 Å². The van der Waals surface area contributed by atoms with Gasteiger partial charge < -0.3 is 4.57 Å². The molecule has 5 heteroatoms. The maximum atomic E-state index is 5.44. The van der Waals surface area contributed by atoms with Gasteiger partial charge in [0.05, 0.1) is 12.0 Å². The third kappa shape index (κ3) is 3.81. The second-order valence-electron chi connectivity index (χ2n) is 2.63. The minimum atomic E-state index is 0.578. The lowest BCUT2D eigenvalue weighted by molar-refractivity contribution is 0.686. The Balaban J connectivity index is 2.44. The molecule has 0 amide bonds. The van der Waals surface area contributed by atoms with Crippen LogP contribution in [0.3, 0.4) is 0 Å². The molecule has 3 nitrogen and oxygen atoms in total. The maximum absolute atomic E-state index is 5.44. The lowest BCUT2D eigenvalue weighted by atomic mass is 10.3. The van der Waals surface area contributed by atoms with Crippen LogP contribution in [-0.4, -0.2) is 20.0 Å². The number of nitrogens with zero attached hydrogens (tertiary/aromatic N) is 3. The van der Waals surface area contributed by atoms with E-state index in [1.54, 1.807) is 6.33 Å². The predicted molar refractivity (Wildman–Crippen MR) is 54.5 cm³/mol. The minimum Gasteiger partial charge on any atom is -0.333 e. The molecule has 0 fully saturated rings. The van der Waals surface area contributed by atoms with Crippen molar-refractivity contribution in [1.82, 2.24) is 13.5 Å². The van der Waals surface area contributed by atoms with Crippen molar-refractivity contribution in [3.8, 4) is 0 Å². The van der Waals surface area contributed by atoms with Crippen LogP contribution in [0.5, 0.6) is 0 Å². The van der Waals surface area contributed by atoms with Crippen molar-refractivity contribution in [1.29, 1.82) is 0 Å². The van der Waals surface area contributed by atoms with Crippen molar-refractivity contribution >= 4 is 23.6 Å². The molecule has 0 spiro atoms. The highest BCUT2D eigenvalue weighted by atomic mass is 35.5. The first kappa shape index (κ1) is 10.6. The van der Waals surface area contributed by atoms with Gasteiger partial charge in [-0.15, -0.1) is 10.5 Å². The molecule has 0 unspecified atom stereocenters. The Kier molecular flexibility index (Phi) is 4.28. The molecule has 1 heterocycles. The van der Waals surface area contributed by atoms with E-state index in [2.05, 4.69) is 11.6 Å². The lowest BCUT2D eigenvalue weighted by Crippen LogP contribution is -2.03. The number of rotatable bonds is 5. The van der Waals surface area contributed by atoms with Gasteiger partial charge in [0.1, 0.15) is 0 Å². The summed E-state index contributed by atoms with van der Waals surface area (Å²) >= 11 is 10.9. The summed E-state index contributed by atoms with van der Waals surface area (Å²) in [5.41, 5.74) is 0.980. The van der Waals surface area contributed by atoms with Gasteiger partial charge >= 0.3 is 0 Å². The Morgan fingerprint density at radius 1 is 1.62 bits per heavy atom. The van der Waals surface area contributed by atoms with Crippen molar-refractivity contribution in [2.45, 2.75) is 13.0 Å². The summed E-state index contributed by atoms with van der Waals surface area (Å²) in [7, 11) is 0. The number of halogens is 2. The Labute approximate surface area is 87.8 Å². The molecule has 0 bridgehead atoms. The summed E-state index contributed by atoms with van der Waals surface area (Å²) in [5, 5.41) is 0. The number of imidazole rings is 1. The van der Waals surface area contributed by atoms with Crippen LogP contribution >= 0.6 is 23.6 Å². The molecule has 0 N–H and O–H groups in total. The largest absolute Gasteiger partial charge is 0.333 e. The molecule has 72 valence electrons. The number of allylic oxidation sites excluding steroid dienone is 1. The third-order valence-electron chi connectivity index (χ3n) is 1.56. The molecule has 13 heavy (non-hydrogen) atoms. The number of hydrogen-bond acceptors (Lipinski definition) is 2. The molecule has 0 saturated carbocycles. The van der Waals surface area contributed by atoms with Crippen LogP contribution in [-0.2, 0) is 13.0 Å². The minimum absolute atomic E-state index is 0.578. The average molecular weight is 220 g/mol. The molecular formula is C8H11Cl2N3. The van der Waals surface area contributed by atoms with Crippen molar-refractivity contribution in [2.24, 2.45) is 0 Å².